The van der Waals surface area contributed by atoms with Crippen LogP contribution in [0.2, 0.25) is 0 Å². The Morgan fingerprint density at radius 2 is 2.11 bits per heavy atom. The summed E-state index contributed by atoms with van der Waals surface area (Å²) in [6.07, 6.45) is 0. The van der Waals surface area contributed by atoms with E-state index in [1.807, 2.05) is 0 Å². The zero-order valence-electron chi connectivity index (χ0n) is 8.58. The molecule has 0 aliphatic heterocycles. The highest BCUT2D eigenvalue weighted by atomic mass is 35.5. The van der Waals surface area contributed by atoms with Crippen LogP contribution in [0.1, 0.15) is 21.5 Å². The van der Waals surface area contributed by atoms with Gasteiger partial charge < -0.3 is 5.11 Å². The molecule has 8 heteroatoms. The van der Waals surface area contributed by atoms with Gasteiger partial charge in [-0.05, 0) is 29.5 Å². The Morgan fingerprint density at radius 3 is 2.50 bits per heavy atom. The molecule has 0 atom stereocenters. The third-order valence-electron chi connectivity index (χ3n) is 1.93. The minimum atomic E-state index is -4.58. The van der Waals surface area contributed by atoms with E-state index in [1.165, 1.54) is 0 Å². The highest BCUT2D eigenvalue weighted by Gasteiger charge is 2.31. The van der Waals surface area contributed by atoms with Crippen molar-refractivity contribution in [1.29, 1.82) is 5.26 Å². The van der Waals surface area contributed by atoms with Crippen molar-refractivity contribution in [3.63, 3.8) is 0 Å². The number of nitrogens with zero attached hydrogens (tertiary/aromatic N) is 1. The average molecular weight is 296 g/mol. The molecule has 1 aromatic carbocycles. The van der Waals surface area contributed by atoms with E-state index in [9.17, 15) is 18.0 Å². The number of halogens is 4. The second-order valence-electron chi connectivity index (χ2n) is 3.10. The van der Waals surface area contributed by atoms with E-state index in [1.54, 1.807) is 6.07 Å². The lowest BCUT2D eigenvalue weighted by atomic mass is 10.1. The molecule has 3 nitrogen and oxygen atoms in total. The normalized spacial score (nSPS) is 11.1. The lowest BCUT2D eigenvalue weighted by Crippen LogP contribution is -2.07. The highest BCUT2D eigenvalue weighted by molar-refractivity contribution is 8.00. The SMILES string of the molecule is N#Cc1cc(SC(F)(F)F)c(CCl)c(C(=O)O)c1. The molecule has 0 amide bonds. The number of carboxylic acids is 1. The fraction of sp³-hybridized carbons (Fsp3) is 0.200. The Hall–Kier alpha value is -1.39. The first kappa shape index (κ1) is 14.7. The van der Waals surface area contributed by atoms with Gasteiger partial charge in [-0.1, -0.05) is 0 Å². The van der Waals surface area contributed by atoms with Crippen molar-refractivity contribution >= 4 is 29.3 Å². The molecule has 0 aliphatic carbocycles. The van der Waals surface area contributed by atoms with Gasteiger partial charge >= 0.3 is 11.5 Å². The van der Waals surface area contributed by atoms with Gasteiger partial charge in [-0.2, -0.15) is 18.4 Å². The maximum absolute atomic E-state index is 12.3. The summed E-state index contributed by atoms with van der Waals surface area (Å²) in [4.78, 5) is 10.5. The Kier molecular flexibility index (Phi) is 4.48. The molecule has 96 valence electrons. The monoisotopic (exact) mass is 295 g/mol. The smallest absolute Gasteiger partial charge is 0.446 e. The molecule has 0 saturated heterocycles. The van der Waals surface area contributed by atoms with Gasteiger partial charge in [0.15, 0.2) is 0 Å². The van der Waals surface area contributed by atoms with Crippen LogP contribution in [-0.4, -0.2) is 16.6 Å². The summed E-state index contributed by atoms with van der Waals surface area (Å²) in [6.45, 7) is 0. The zero-order chi connectivity index (χ0) is 13.9. The Labute approximate surface area is 109 Å². The molecule has 0 radical (unpaired) electrons. The number of alkyl halides is 4. The molecule has 0 heterocycles. The van der Waals surface area contributed by atoms with Crippen molar-refractivity contribution in [1.82, 2.24) is 0 Å². The number of hydrogen-bond donors (Lipinski definition) is 1. The summed E-state index contributed by atoms with van der Waals surface area (Å²) in [5.74, 6) is -1.81. The van der Waals surface area contributed by atoms with Gasteiger partial charge in [-0.25, -0.2) is 4.79 Å². The van der Waals surface area contributed by atoms with Crippen LogP contribution in [0.15, 0.2) is 17.0 Å². The van der Waals surface area contributed by atoms with Crippen molar-refractivity contribution < 1.29 is 23.1 Å². The highest BCUT2D eigenvalue weighted by Crippen LogP contribution is 2.40. The van der Waals surface area contributed by atoms with Gasteiger partial charge in [-0.15, -0.1) is 11.6 Å². The van der Waals surface area contributed by atoms with Crippen LogP contribution >= 0.6 is 23.4 Å². The molecule has 1 rings (SSSR count). The number of hydrogen-bond acceptors (Lipinski definition) is 3. The van der Waals surface area contributed by atoms with E-state index in [0.717, 1.165) is 12.1 Å². The van der Waals surface area contributed by atoms with E-state index in [4.69, 9.17) is 22.0 Å². The zero-order valence-corrected chi connectivity index (χ0v) is 10.2. The second kappa shape index (κ2) is 5.50. The van der Waals surface area contributed by atoms with Gasteiger partial charge in [0.1, 0.15) is 0 Å². The molecule has 0 aliphatic rings. The minimum Gasteiger partial charge on any atom is -0.478 e. The van der Waals surface area contributed by atoms with E-state index in [-0.39, 0.29) is 21.9 Å². The van der Waals surface area contributed by atoms with Crippen molar-refractivity contribution in [3.05, 3.63) is 28.8 Å². The third-order valence-corrected chi connectivity index (χ3v) is 3.01. The van der Waals surface area contributed by atoms with Crippen LogP contribution in [0.4, 0.5) is 13.2 Å². The first-order valence-electron chi connectivity index (χ1n) is 4.40. The average Bonchev–Trinajstić information content (AvgIpc) is 2.25. The number of nitriles is 1. The summed E-state index contributed by atoms with van der Waals surface area (Å²) in [7, 11) is 0. The van der Waals surface area contributed by atoms with Crippen molar-refractivity contribution in [2.24, 2.45) is 0 Å². The number of aromatic carboxylic acids is 1. The molecular weight excluding hydrogens is 291 g/mol. The van der Waals surface area contributed by atoms with Crippen molar-refractivity contribution in [2.45, 2.75) is 16.3 Å². The van der Waals surface area contributed by atoms with Crippen LogP contribution < -0.4 is 0 Å². The lowest BCUT2D eigenvalue weighted by Gasteiger charge is -2.12. The van der Waals surface area contributed by atoms with Crippen molar-refractivity contribution in [3.8, 4) is 6.07 Å². The molecule has 0 aromatic heterocycles. The molecular formula is C10H5ClF3NO2S. The predicted molar refractivity (Wildman–Crippen MR) is 59.6 cm³/mol. The molecule has 0 fully saturated rings. The van der Waals surface area contributed by atoms with E-state index in [0.29, 0.717) is 0 Å². The van der Waals surface area contributed by atoms with Crippen LogP contribution in [-0.2, 0) is 5.88 Å². The predicted octanol–water partition coefficient (Wildman–Crippen LogP) is 3.61. The quantitative estimate of drug-likeness (QED) is 0.683. The second-order valence-corrected chi connectivity index (χ2v) is 4.47. The summed E-state index contributed by atoms with van der Waals surface area (Å²) >= 11 is 4.99. The molecule has 1 aromatic rings. The first-order valence-corrected chi connectivity index (χ1v) is 5.75. The number of thioether (sulfide) groups is 1. The molecule has 0 spiro atoms. The Bertz CT molecular complexity index is 525. The first-order chi connectivity index (χ1) is 8.28. The molecule has 0 unspecified atom stereocenters. The van der Waals surface area contributed by atoms with Gasteiger partial charge in [0.2, 0.25) is 0 Å². The summed E-state index contributed by atoms with van der Waals surface area (Å²) in [5, 5.41) is 17.5. The maximum atomic E-state index is 12.3. The van der Waals surface area contributed by atoms with Crippen LogP contribution in [0.3, 0.4) is 0 Å². The number of rotatable bonds is 3. The van der Waals surface area contributed by atoms with Gasteiger partial charge in [-0.3, -0.25) is 0 Å². The number of carbonyl (C=O) groups is 1. The van der Waals surface area contributed by atoms with E-state index in [2.05, 4.69) is 0 Å². The third kappa shape index (κ3) is 3.55. The van der Waals surface area contributed by atoms with Gasteiger partial charge in [0.25, 0.3) is 0 Å². The minimum absolute atomic E-state index is 0.148. The van der Waals surface area contributed by atoms with Crippen molar-refractivity contribution in [2.75, 3.05) is 0 Å². The fourth-order valence-electron chi connectivity index (χ4n) is 1.25. The topological polar surface area (TPSA) is 61.1 Å². The summed E-state index contributed by atoms with van der Waals surface area (Å²) in [5.41, 5.74) is -5.28. The number of benzene rings is 1. The van der Waals surface area contributed by atoms with E-state index >= 15 is 0 Å². The van der Waals surface area contributed by atoms with Crippen LogP contribution in [0, 0.1) is 11.3 Å². The van der Waals surface area contributed by atoms with Gasteiger partial charge in [0.05, 0.1) is 17.2 Å². The molecule has 18 heavy (non-hydrogen) atoms. The summed E-state index contributed by atoms with van der Waals surface area (Å²) < 4.78 is 36.9. The Balaban J connectivity index is 3.44. The molecule has 1 N–H and O–H groups in total. The summed E-state index contributed by atoms with van der Waals surface area (Å²) in [6, 6.07) is 3.59. The number of carboxylic acid groups (broad SMARTS) is 1. The van der Waals surface area contributed by atoms with E-state index < -0.39 is 28.8 Å². The van der Waals surface area contributed by atoms with Gasteiger partial charge in [0, 0.05) is 10.8 Å². The van der Waals surface area contributed by atoms with Crippen LogP contribution in [0.25, 0.3) is 0 Å². The Morgan fingerprint density at radius 1 is 1.50 bits per heavy atom. The lowest BCUT2D eigenvalue weighted by molar-refractivity contribution is -0.0328. The molecule has 0 saturated carbocycles. The largest absolute Gasteiger partial charge is 0.478 e. The maximum Gasteiger partial charge on any atom is 0.446 e. The fourth-order valence-corrected chi connectivity index (χ4v) is 2.36. The molecule has 0 bridgehead atoms. The van der Waals surface area contributed by atoms with Crippen LogP contribution in [0.5, 0.6) is 0 Å². The standard InChI is InChI=1S/C10H5ClF3NO2S/c11-3-7-6(9(16)17)1-5(4-15)2-8(7)18-10(12,13)14/h1-2H,3H2,(H,16,17).